The van der Waals surface area contributed by atoms with Gasteiger partial charge in [0.05, 0.1) is 18.8 Å². The van der Waals surface area contributed by atoms with E-state index < -0.39 is 0 Å². The van der Waals surface area contributed by atoms with Gasteiger partial charge < -0.3 is 14.2 Å². The number of aryl methyl sites for hydroxylation is 1. The highest BCUT2D eigenvalue weighted by Gasteiger charge is 2.40. The van der Waals surface area contributed by atoms with Crippen LogP contribution in [0.1, 0.15) is 25.0 Å². The first-order valence-electron chi connectivity index (χ1n) is 9.18. The summed E-state index contributed by atoms with van der Waals surface area (Å²) in [7, 11) is 3.64. The number of anilines is 1. The minimum absolute atomic E-state index is 0.290. The lowest BCUT2D eigenvalue weighted by Gasteiger charge is -2.32. The molecule has 0 saturated carbocycles. The first kappa shape index (κ1) is 16.1. The molecule has 0 spiro atoms. The Kier molecular flexibility index (Phi) is 3.74. The predicted octanol–water partition coefficient (Wildman–Crippen LogP) is 3.30. The Balaban J connectivity index is 1.42. The number of rotatable bonds is 4. The van der Waals surface area contributed by atoms with Gasteiger partial charge >= 0.3 is 6.01 Å². The van der Waals surface area contributed by atoms with Crippen LogP contribution in [0.3, 0.4) is 0 Å². The fourth-order valence-electron chi connectivity index (χ4n) is 4.18. The number of methoxy groups -OCH3 is 1. The molecule has 3 aromatic rings. The topological polar surface area (TPSA) is 69.2 Å². The van der Waals surface area contributed by atoms with E-state index in [-0.39, 0.29) is 6.04 Å². The van der Waals surface area contributed by atoms with Gasteiger partial charge in [-0.2, -0.15) is 10.1 Å². The fraction of sp³-hybridized carbons (Fsp3) is 0.350. The van der Waals surface area contributed by atoms with Gasteiger partial charge in [0.2, 0.25) is 5.82 Å². The minimum atomic E-state index is 0.290. The second-order valence-electron chi connectivity index (χ2n) is 7.07. The minimum Gasteiger partial charge on any atom is -0.497 e. The Hall–Kier alpha value is -3.09. The van der Waals surface area contributed by atoms with E-state index >= 15 is 0 Å². The number of fused-ring (bicyclic) bond motifs is 2. The monoisotopic (exact) mass is 363 g/mol. The molecule has 5 rings (SSSR count). The van der Waals surface area contributed by atoms with E-state index in [9.17, 15) is 0 Å². The summed E-state index contributed by atoms with van der Waals surface area (Å²) in [5, 5.41) is 8.49. The highest BCUT2D eigenvalue weighted by atomic mass is 16.5. The first-order chi connectivity index (χ1) is 13.2. The summed E-state index contributed by atoms with van der Waals surface area (Å²) in [5.74, 6) is 1.41. The number of hydrogen-bond acceptors (Lipinski definition) is 6. The van der Waals surface area contributed by atoms with Crippen LogP contribution in [-0.4, -0.2) is 39.1 Å². The van der Waals surface area contributed by atoms with Gasteiger partial charge in [0.15, 0.2) is 0 Å². The lowest BCUT2D eigenvalue weighted by Crippen LogP contribution is -2.38. The van der Waals surface area contributed by atoms with Crippen LogP contribution in [0.4, 0.5) is 6.01 Å². The van der Waals surface area contributed by atoms with E-state index in [2.05, 4.69) is 32.3 Å². The number of nitrogens with zero attached hydrogens (tertiary/aromatic N) is 5. The molecule has 2 aliphatic heterocycles. The maximum absolute atomic E-state index is 5.63. The molecule has 4 heterocycles. The van der Waals surface area contributed by atoms with Crippen molar-refractivity contribution in [1.29, 1.82) is 0 Å². The standard InChI is InChI=1S/C20H21N5O2/c1-24-18(9-10-21-24)14-11-15-5-6-16(12-14)25(15)20-22-19(23-27-20)13-3-7-17(26-2)8-4-13/h3-4,7-11,15-16H,5-6,12H2,1-2H3. The Morgan fingerprint density at radius 2 is 2.00 bits per heavy atom. The second-order valence-corrected chi connectivity index (χ2v) is 7.07. The highest BCUT2D eigenvalue weighted by molar-refractivity contribution is 5.68. The summed E-state index contributed by atoms with van der Waals surface area (Å²) in [6.45, 7) is 0. The van der Waals surface area contributed by atoms with Crippen LogP contribution in [0.25, 0.3) is 17.0 Å². The predicted molar refractivity (Wildman–Crippen MR) is 101 cm³/mol. The van der Waals surface area contributed by atoms with E-state index in [1.807, 2.05) is 42.2 Å². The van der Waals surface area contributed by atoms with E-state index in [1.54, 1.807) is 7.11 Å². The molecule has 2 atom stereocenters. The summed E-state index contributed by atoms with van der Waals surface area (Å²) in [4.78, 5) is 6.94. The summed E-state index contributed by atoms with van der Waals surface area (Å²) >= 11 is 0. The maximum atomic E-state index is 5.63. The molecule has 7 heteroatoms. The maximum Gasteiger partial charge on any atom is 0.325 e. The van der Waals surface area contributed by atoms with Gasteiger partial charge in [-0.1, -0.05) is 11.2 Å². The van der Waals surface area contributed by atoms with Crippen molar-refractivity contribution in [3.8, 4) is 17.1 Å². The third kappa shape index (κ3) is 2.70. The summed E-state index contributed by atoms with van der Waals surface area (Å²) in [6.07, 6.45) is 7.38. The molecule has 138 valence electrons. The van der Waals surface area contributed by atoms with Crippen molar-refractivity contribution in [3.63, 3.8) is 0 Å². The SMILES string of the molecule is COc1ccc(-c2noc(N3C4C=C(c5ccnn5C)CC3CC4)n2)cc1. The molecule has 0 N–H and O–H groups in total. The van der Waals surface area contributed by atoms with Gasteiger partial charge in [-0.3, -0.25) is 4.68 Å². The van der Waals surface area contributed by atoms with E-state index in [1.165, 1.54) is 11.3 Å². The van der Waals surface area contributed by atoms with Crippen molar-refractivity contribution < 1.29 is 9.26 Å². The number of aromatic nitrogens is 4. The zero-order valence-electron chi connectivity index (χ0n) is 15.4. The molecule has 2 bridgehead atoms. The zero-order chi connectivity index (χ0) is 18.4. The van der Waals surface area contributed by atoms with Crippen molar-refractivity contribution in [1.82, 2.24) is 19.9 Å². The van der Waals surface area contributed by atoms with Gasteiger partial charge in [0.1, 0.15) is 5.75 Å². The molecule has 1 aromatic carbocycles. The molecule has 0 amide bonds. The molecule has 0 aliphatic carbocycles. The first-order valence-corrected chi connectivity index (χ1v) is 9.18. The van der Waals surface area contributed by atoms with Gasteiger partial charge in [0.25, 0.3) is 0 Å². The summed E-state index contributed by atoms with van der Waals surface area (Å²) < 4.78 is 12.8. The van der Waals surface area contributed by atoms with Crippen molar-refractivity contribution in [3.05, 3.63) is 48.3 Å². The van der Waals surface area contributed by atoms with Crippen LogP contribution in [-0.2, 0) is 7.05 Å². The lowest BCUT2D eigenvalue weighted by molar-refractivity contribution is 0.404. The van der Waals surface area contributed by atoms with E-state index in [0.717, 1.165) is 30.6 Å². The lowest BCUT2D eigenvalue weighted by atomic mass is 9.99. The fourth-order valence-corrected chi connectivity index (χ4v) is 4.18. The summed E-state index contributed by atoms with van der Waals surface area (Å²) in [5.41, 5.74) is 3.46. The van der Waals surface area contributed by atoms with Crippen molar-refractivity contribution in [2.24, 2.45) is 7.05 Å². The van der Waals surface area contributed by atoms with Crippen LogP contribution >= 0.6 is 0 Å². The number of hydrogen-bond donors (Lipinski definition) is 0. The molecular formula is C20H21N5O2. The molecule has 7 nitrogen and oxygen atoms in total. The molecule has 0 radical (unpaired) electrons. The van der Waals surface area contributed by atoms with Gasteiger partial charge in [-0.05, 0) is 55.2 Å². The molecule has 27 heavy (non-hydrogen) atoms. The van der Waals surface area contributed by atoms with Gasteiger partial charge in [0, 0.05) is 24.8 Å². The Morgan fingerprint density at radius 3 is 2.70 bits per heavy atom. The Morgan fingerprint density at radius 1 is 1.15 bits per heavy atom. The number of ether oxygens (including phenoxy) is 1. The van der Waals surface area contributed by atoms with Crippen LogP contribution in [0.5, 0.6) is 5.75 Å². The van der Waals surface area contributed by atoms with Crippen LogP contribution < -0.4 is 9.64 Å². The normalized spacial score (nSPS) is 21.4. The van der Waals surface area contributed by atoms with Crippen molar-refractivity contribution >= 4 is 11.6 Å². The van der Waals surface area contributed by atoms with E-state index in [4.69, 9.17) is 9.26 Å². The molecule has 2 aliphatic rings. The molecule has 1 saturated heterocycles. The second kappa shape index (κ2) is 6.26. The van der Waals surface area contributed by atoms with Crippen LogP contribution in [0, 0.1) is 0 Å². The van der Waals surface area contributed by atoms with Crippen LogP contribution in [0.2, 0.25) is 0 Å². The van der Waals surface area contributed by atoms with E-state index in [0.29, 0.717) is 17.9 Å². The number of benzene rings is 1. The Bertz CT molecular complexity index is 988. The average Bonchev–Trinajstić information content (AvgIpc) is 3.39. The third-order valence-corrected chi connectivity index (χ3v) is 5.53. The molecule has 1 fully saturated rings. The molecular weight excluding hydrogens is 342 g/mol. The largest absolute Gasteiger partial charge is 0.497 e. The van der Waals surface area contributed by atoms with Gasteiger partial charge in [-0.15, -0.1) is 0 Å². The average molecular weight is 363 g/mol. The summed E-state index contributed by atoms with van der Waals surface area (Å²) in [6, 6.07) is 11.0. The third-order valence-electron chi connectivity index (χ3n) is 5.53. The molecule has 2 aromatic heterocycles. The molecule has 2 unspecified atom stereocenters. The smallest absolute Gasteiger partial charge is 0.325 e. The van der Waals surface area contributed by atoms with Gasteiger partial charge in [-0.25, -0.2) is 0 Å². The Labute approximate surface area is 157 Å². The quantitative estimate of drug-likeness (QED) is 0.708. The van der Waals surface area contributed by atoms with Crippen molar-refractivity contribution in [2.45, 2.75) is 31.3 Å². The van der Waals surface area contributed by atoms with Crippen molar-refractivity contribution in [2.75, 3.05) is 12.0 Å². The zero-order valence-corrected chi connectivity index (χ0v) is 15.4. The highest BCUT2D eigenvalue weighted by Crippen LogP contribution is 2.41. The van der Waals surface area contributed by atoms with Crippen LogP contribution in [0.15, 0.2) is 47.1 Å².